The van der Waals surface area contributed by atoms with E-state index in [2.05, 4.69) is 24.1 Å². The number of ether oxygens (including phenoxy) is 4. The third kappa shape index (κ3) is 1.65. The maximum atomic E-state index is 12.5. The number of benzene rings is 1. The van der Waals surface area contributed by atoms with Crippen LogP contribution in [0.1, 0.15) is 22.3 Å². The van der Waals surface area contributed by atoms with Crippen LogP contribution in [-0.4, -0.2) is 56.6 Å². The molecule has 0 unspecified atom stereocenters. The van der Waals surface area contributed by atoms with E-state index in [-0.39, 0.29) is 36.4 Å². The molecule has 1 aliphatic carbocycles. The standard InChI is InChI=1S/C18H19NO5/c1-19-8-16-18(4-3-10(21-2)5-15(18)19)12-7-14-13(22-9-23-14)6-11(12)17(20)24-16/h3-4,6-7,10,15-16H,5,8-9H2,1-2H3/t10-,15-,16-,18-/m0/s1. The Bertz CT molecular complexity index is 760. The van der Waals surface area contributed by atoms with Gasteiger partial charge in [-0.15, -0.1) is 0 Å². The molecule has 0 aromatic heterocycles. The van der Waals surface area contributed by atoms with Crippen molar-refractivity contribution >= 4 is 5.97 Å². The van der Waals surface area contributed by atoms with Gasteiger partial charge in [0.25, 0.3) is 0 Å². The summed E-state index contributed by atoms with van der Waals surface area (Å²) in [6.07, 6.45) is 5.03. The predicted molar refractivity (Wildman–Crippen MR) is 84.4 cm³/mol. The second kappa shape index (κ2) is 4.74. The Labute approximate surface area is 139 Å². The molecular weight excluding hydrogens is 310 g/mol. The van der Waals surface area contributed by atoms with E-state index >= 15 is 0 Å². The lowest BCUT2D eigenvalue weighted by Gasteiger charge is -2.44. The highest BCUT2D eigenvalue weighted by atomic mass is 16.7. The van der Waals surface area contributed by atoms with Crippen LogP contribution < -0.4 is 9.47 Å². The quantitative estimate of drug-likeness (QED) is 0.575. The smallest absolute Gasteiger partial charge is 0.338 e. The Morgan fingerprint density at radius 3 is 2.88 bits per heavy atom. The summed E-state index contributed by atoms with van der Waals surface area (Å²) >= 11 is 0. The molecule has 1 saturated heterocycles. The van der Waals surface area contributed by atoms with Gasteiger partial charge in [0.2, 0.25) is 6.79 Å². The van der Waals surface area contributed by atoms with Crippen LogP contribution in [-0.2, 0) is 14.9 Å². The Morgan fingerprint density at radius 2 is 2.08 bits per heavy atom. The molecule has 4 aliphatic rings. The zero-order chi connectivity index (χ0) is 16.5. The van der Waals surface area contributed by atoms with E-state index in [1.165, 1.54) is 0 Å². The lowest BCUT2D eigenvalue weighted by molar-refractivity contribution is 0.0118. The number of fused-ring (bicyclic) bond motifs is 2. The molecule has 1 fully saturated rings. The number of likely N-dealkylation sites (tertiary alicyclic amines) is 1. The van der Waals surface area contributed by atoms with E-state index in [0.29, 0.717) is 23.6 Å². The van der Waals surface area contributed by atoms with Crippen LogP contribution in [0, 0.1) is 0 Å². The van der Waals surface area contributed by atoms with Crippen molar-refractivity contribution in [3.8, 4) is 11.5 Å². The molecule has 1 aromatic carbocycles. The first-order valence-electron chi connectivity index (χ1n) is 8.21. The minimum atomic E-state index is -0.353. The normalized spacial score (nSPS) is 36.1. The molecule has 1 spiro atoms. The first-order valence-corrected chi connectivity index (χ1v) is 8.21. The summed E-state index contributed by atoms with van der Waals surface area (Å²) in [7, 11) is 3.81. The molecule has 0 radical (unpaired) electrons. The van der Waals surface area contributed by atoms with Gasteiger partial charge < -0.3 is 18.9 Å². The number of rotatable bonds is 1. The van der Waals surface area contributed by atoms with Gasteiger partial charge in [-0.2, -0.15) is 0 Å². The van der Waals surface area contributed by atoms with Gasteiger partial charge in [0.05, 0.1) is 17.1 Å². The summed E-state index contributed by atoms with van der Waals surface area (Å²) in [6, 6.07) is 3.94. The minimum Gasteiger partial charge on any atom is -0.456 e. The van der Waals surface area contributed by atoms with Crippen LogP contribution in [0.3, 0.4) is 0 Å². The summed E-state index contributed by atoms with van der Waals surface area (Å²) < 4.78 is 22.4. The Balaban J connectivity index is 1.74. The molecule has 6 nitrogen and oxygen atoms in total. The molecular formula is C18H19NO5. The van der Waals surface area contributed by atoms with Gasteiger partial charge in [-0.05, 0) is 31.2 Å². The van der Waals surface area contributed by atoms with Gasteiger partial charge in [0.1, 0.15) is 6.10 Å². The van der Waals surface area contributed by atoms with E-state index in [4.69, 9.17) is 18.9 Å². The van der Waals surface area contributed by atoms with E-state index in [1.54, 1.807) is 13.2 Å². The largest absolute Gasteiger partial charge is 0.456 e. The average molecular weight is 329 g/mol. The first-order chi connectivity index (χ1) is 11.6. The Morgan fingerprint density at radius 1 is 1.29 bits per heavy atom. The fourth-order valence-electron chi connectivity index (χ4n) is 4.69. The minimum absolute atomic E-state index is 0.0805. The molecule has 3 aliphatic heterocycles. The number of likely N-dealkylation sites (N-methyl/N-ethyl adjacent to an activating group) is 1. The van der Waals surface area contributed by atoms with Crippen molar-refractivity contribution < 1.29 is 23.7 Å². The Kier molecular flexibility index (Phi) is 2.82. The highest BCUT2D eigenvalue weighted by Crippen LogP contribution is 2.52. The number of hydrogen-bond donors (Lipinski definition) is 0. The van der Waals surface area contributed by atoms with Gasteiger partial charge in [-0.25, -0.2) is 4.79 Å². The van der Waals surface area contributed by atoms with Crippen molar-refractivity contribution in [2.75, 3.05) is 27.5 Å². The maximum Gasteiger partial charge on any atom is 0.338 e. The molecule has 24 heavy (non-hydrogen) atoms. The summed E-state index contributed by atoms with van der Waals surface area (Å²) in [4.78, 5) is 14.8. The second-order valence-corrected chi connectivity index (χ2v) is 6.90. The van der Waals surface area contributed by atoms with Crippen molar-refractivity contribution in [3.05, 3.63) is 35.4 Å². The fourth-order valence-corrected chi connectivity index (χ4v) is 4.69. The van der Waals surface area contributed by atoms with Gasteiger partial charge >= 0.3 is 5.97 Å². The third-order valence-electron chi connectivity index (χ3n) is 5.86. The lowest BCUT2D eigenvalue weighted by Crippen LogP contribution is -2.52. The molecule has 6 heteroatoms. The van der Waals surface area contributed by atoms with Crippen LogP contribution in [0.15, 0.2) is 24.3 Å². The highest BCUT2D eigenvalue weighted by Gasteiger charge is 2.60. The molecule has 3 heterocycles. The summed E-state index contributed by atoms with van der Waals surface area (Å²) in [6.45, 7) is 0.902. The molecule has 0 saturated carbocycles. The van der Waals surface area contributed by atoms with Crippen LogP contribution in [0.2, 0.25) is 0 Å². The number of hydrogen-bond acceptors (Lipinski definition) is 6. The van der Waals surface area contributed by atoms with Gasteiger partial charge in [-0.1, -0.05) is 12.2 Å². The van der Waals surface area contributed by atoms with Crippen LogP contribution in [0.25, 0.3) is 0 Å². The topological polar surface area (TPSA) is 57.2 Å². The van der Waals surface area contributed by atoms with E-state index in [0.717, 1.165) is 12.0 Å². The lowest BCUT2D eigenvalue weighted by atomic mass is 9.65. The van der Waals surface area contributed by atoms with Crippen molar-refractivity contribution in [1.29, 1.82) is 0 Å². The molecule has 1 aromatic rings. The first kappa shape index (κ1) is 14.3. The highest BCUT2D eigenvalue weighted by molar-refractivity contribution is 5.94. The monoisotopic (exact) mass is 329 g/mol. The van der Waals surface area contributed by atoms with Gasteiger partial charge in [0.15, 0.2) is 11.5 Å². The second-order valence-electron chi connectivity index (χ2n) is 6.90. The van der Waals surface area contributed by atoms with Gasteiger partial charge in [-0.3, -0.25) is 4.90 Å². The van der Waals surface area contributed by atoms with E-state index in [1.807, 2.05) is 6.07 Å². The Hall–Kier alpha value is -2.05. The number of carbonyl (C=O) groups excluding carboxylic acids is 1. The van der Waals surface area contributed by atoms with E-state index < -0.39 is 0 Å². The third-order valence-corrected chi connectivity index (χ3v) is 5.86. The molecule has 0 N–H and O–H groups in total. The fraction of sp³-hybridized carbons (Fsp3) is 0.500. The number of esters is 1. The number of nitrogens with zero attached hydrogens (tertiary/aromatic N) is 1. The number of carbonyl (C=O) groups is 1. The number of methoxy groups -OCH3 is 1. The molecule has 126 valence electrons. The predicted octanol–water partition coefficient (Wildman–Crippen LogP) is 1.48. The maximum absolute atomic E-state index is 12.5. The van der Waals surface area contributed by atoms with Crippen LogP contribution in [0.4, 0.5) is 0 Å². The van der Waals surface area contributed by atoms with E-state index in [9.17, 15) is 4.79 Å². The average Bonchev–Trinajstić information content (AvgIpc) is 3.16. The molecule has 0 amide bonds. The zero-order valence-electron chi connectivity index (χ0n) is 13.7. The van der Waals surface area contributed by atoms with Crippen LogP contribution >= 0.6 is 0 Å². The SMILES string of the molecule is CO[C@H]1C=C[C@@]23c4cc5c(cc4C(=O)O[C@H]2CN(C)[C@H]3C1)OCO5. The van der Waals surface area contributed by atoms with Gasteiger partial charge in [0, 0.05) is 19.7 Å². The molecule has 4 atom stereocenters. The van der Waals surface area contributed by atoms with Crippen molar-refractivity contribution in [3.63, 3.8) is 0 Å². The zero-order valence-corrected chi connectivity index (χ0v) is 13.7. The van der Waals surface area contributed by atoms with Crippen molar-refractivity contribution in [2.24, 2.45) is 0 Å². The summed E-state index contributed by atoms with van der Waals surface area (Å²) in [5, 5.41) is 0. The van der Waals surface area contributed by atoms with Crippen LogP contribution in [0.5, 0.6) is 11.5 Å². The van der Waals surface area contributed by atoms with Crippen molar-refractivity contribution in [2.45, 2.75) is 30.1 Å². The summed E-state index contributed by atoms with van der Waals surface area (Å²) in [5.74, 6) is 1.03. The van der Waals surface area contributed by atoms with Crippen molar-refractivity contribution in [1.82, 2.24) is 4.90 Å². The molecule has 5 rings (SSSR count). The summed E-state index contributed by atoms with van der Waals surface area (Å²) in [5.41, 5.74) is 1.21. The molecule has 0 bridgehead atoms.